The van der Waals surface area contributed by atoms with Gasteiger partial charge < -0.3 is 10.4 Å². The zero-order chi connectivity index (χ0) is 13.7. The maximum atomic E-state index is 11.9. The number of carbonyl (C=O) groups is 2. The molecule has 0 spiro atoms. The number of amides is 1. The second-order valence-corrected chi connectivity index (χ2v) is 3.61. The summed E-state index contributed by atoms with van der Waals surface area (Å²) in [6.45, 7) is 0.197. The zero-order valence-electron chi connectivity index (χ0n) is 9.78. The predicted molar refractivity (Wildman–Crippen MR) is 64.4 cm³/mol. The summed E-state index contributed by atoms with van der Waals surface area (Å²) < 4.78 is 0. The highest BCUT2D eigenvalue weighted by molar-refractivity contribution is 6.04. The van der Waals surface area contributed by atoms with Gasteiger partial charge in [-0.2, -0.15) is 0 Å². The first-order valence-corrected chi connectivity index (χ1v) is 5.39. The summed E-state index contributed by atoms with van der Waals surface area (Å²) in [5.74, 6) is -1.68. The largest absolute Gasteiger partial charge is 0.478 e. The number of carboxylic acid groups (broad SMARTS) is 1. The minimum absolute atomic E-state index is 0.0663. The fourth-order valence-corrected chi connectivity index (χ4v) is 1.45. The van der Waals surface area contributed by atoms with Gasteiger partial charge in [0.05, 0.1) is 23.4 Å². The van der Waals surface area contributed by atoms with Gasteiger partial charge in [0.1, 0.15) is 6.33 Å². The summed E-state index contributed by atoms with van der Waals surface area (Å²) in [5, 5.41) is 11.5. The summed E-state index contributed by atoms with van der Waals surface area (Å²) >= 11 is 0. The van der Waals surface area contributed by atoms with E-state index in [9.17, 15) is 9.59 Å². The Morgan fingerprint density at radius 3 is 2.63 bits per heavy atom. The normalized spacial score (nSPS) is 9.89. The first kappa shape index (κ1) is 12.6. The van der Waals surface area contributed by atoms with E-state index in [-0.39, 0.29) is 17.7 Å². The van der Waals surface area contributed by atoms with Crippen LogP contribution in [-0.2, 0) is 6.54 Å². The minimum Gasteiger partial charge on any atom is -0.478 e. The number of rotatable bonds is 4. The van der Waals surface area contributed by atoms with Crippen molar-refractivity contribution < 1.29 is 14.7 Å². The molecule has 7 nitrogen and oxygen atoms in total. The Hall–Kier alpha value is -2.83. The Morgan fingerprint density at radius 1 is 1.16 bits per heavy atom. The van der Waals surface area contributed by atoms with E-state index >= 15 is 0 Å². The summed E-state index contributed by atoms with van der Waals surface area (Å²) in [7, 11) is 0. The molecule has 0 saturated heterocycles. The van der Waals surface area contributed by atoms with E-state index in [4.69, 9.17) is 5.11 Å². The molecule has 96 valence electrons. The molecule has 2 heterocycles. The van der Waals surface area contributed by atoms with Crippen molar-refractivity contribution in [3.8, 4) is 0 Å². The van der Waals surface area contributed by atoms with Crippen molar-refractivity contribution >= 4 is 11.9 Å². The molecule has 19 heavy (non-hydrogen) atoms. The predicted octanol–water partition coefficient (Wildman–Crippen LogP) is 0.500. The molecule has 2 aromatic heterocycles. The van der Waals surface area contributed by atoms with Gasteiger partial charge >= 0.3 is 5.97 Å². The van der Waals surface area contributed by atoms with Crippen LogP contribution in [0.4, 0.5) is 0 Å². The Balaban J connectivity index is 2.10. The van der Waals surface area contributed by atoms with Gasteiger partial charge in [0, 0.05) is 18.6 Å². The fourth-order valence-electron chi connectivity index (χ4n) is 1.45. The van der Waals surface area contributed by atoms with Gasteiger partial charge in [0.15, 0.2) is 0 Å². The van der Waals surface area contributed by atoms with Crippen LogP contribution in [0.5, 0.6) is 0 Å². The number of hydrogen-bond donors (Lipinski definition) is 2. The van der Waals surface area contributed by atoms with Crippen LogP contribution in [0.2, 0.25) is 0 Å². The van der Waals surface area contributed by atoms with E-state index in [1.165, 1.54) is 18.6 Å². The Morgan fingerprint density at radius 2 is 1.95 bits per heavy atom. The maximum Gasteiger partial charge on any atom is 0.338 e. The lowest BCUT2D eigenvalue weighted by Crippen LogP contribution is -2.25. The van der Waals surface area contributed by atoms with E-state index in [0.29, 0.717) is 5.69 Å². The average molecular weight is 258 g/mol. The number of nitrogens with one attached hydrogen (secondary N) is 1. The number of nitrogens with zero attached hydrogens (tertiary/aromatic N) is 3. The quantitative estimate of drug-likeness (QED) is 0.827. The molecular formula is C12H10N4O3. The minimum atomic E-state index is -1.19. The molecule has 0 bridgehead atoms. The Labute approximate surface area is 108 Å². The van der Waals surface area contributed by atoms with Crippen LogP contribution in [0, 0.1) is 0 Å². The Kier molecular flexibility index (Phi) is 3.77. The first-order valence-electron chi connectivity index (χ1n) is 5.39. The average Bonchev–Trinajstić information content (AvgIpc) is 2.46. The molecule has 0 aliphatic rings. The van der Waals surface area contributed by atoms with Gasteiger partial charge in [-0.1, -0.05) is 0 Å². The van der Waals surface area contributed by atoms with Crippen molar-refractivity contribution in [3.05, 3.63) is 53.9 Å². The standard InChI is InChI=1S/C12H10N4O3/c17-11(15-5-8-1-3-14-7-16-8)9-2-4-13-6-10(9)12(18)19/h1-4,6-7H,5H2,(H,15,17)(H,18,19). The SMILES string of the molecule is O=C(O)c1cnccc1C(=O)NCc1ccncn1. The smallest absolute Gasteiger partial charge is 0.338 e. The molecule has 2 aromatic rings. The summed E-state index contributed by atoms with van der Waals surface area (Å²) in [6.07, 6.45) is 5.44. The molecule has 2 rings (SSSR count). The highest BCUT2D eigenvalue weighted by atomic mass is 16.4. The lowest BCUT2D eigenvalue weighted by Gasteiger charge is -2.06. The summed E-state index contributed by atoms with van der Waals surface area (Å²) in [4.78, 5) is 34.2. The fraction of sp³-hybridized carbons (Fsp3) is 0.0833. The van der Waals surface area contributed by atoms with Crippen molar-refractivity contribution in [2.24, 2.45) is 0 Å². The molecule has 0 aromatic carbocycles. The third-order valence-electron chi connectivity index (χ3n) is 2.37. The van der Waals surface area contributed by atoms with E-state index in [2.05, 4.69) is 20.3 Å². The van der Waals surface area contributed by atoms with E-state index in [0.717, 1.165) is 6.20 Å². The molecule has 0 aliphatic heterocycles. The summed E-state index contributed by atoms with van der Waals surface area (Å²) in [5.41, 5.74) is 0.563. The van der Waals surface area contributed by atoms with E-state index < -0.39 is 11.9 Å². The van der Waals surface area contributed by atoms with Gasteiger partial charge in [-0.15, -0.1) is 0 Å². The summed E-state index contributed by atoms with van der Waals surface area (Å²) in [6, 6.07) is 3.02. The Bertz CT molecular complexity index is 601. The zero-order valence-corrected chi connectivity index (χ0v) is 9.78. The molecule has 7 heteroatoms. The number of aromatic carboxylic acids is 1. The van der Waals surface area contributed by atoms with Crippen LogP contribution in [0.3, 0.4) is 0 Å². The van der Waals surface area contributed by atoms with Crippen LogP contribution in [-0.4, -0.2) is 31.9 Å². The van der Waals surface area contributed by atoms with Crippen LogP contribution in [0.1, 0.15) is 26.4 Å². The monoisotopic (exact) mass is 258 g/mol. The molecule has 0 unspecified atom stereocenters. The molecule has 0 radical (unpaired) electrons. The topological polar surface area (TPSA) is 105 Å². The third-order valence-corrected chi connectivity index (χ3v) is 2.37. The van der Waals surface area contributed by atoms with Crippen LogP contribution >= 0.6 is 0 Å². The highest BCUT2D eigenvalue weighted by Crippen LogP contribution is 2.07. The molecule has 0 aliphatic carbocycles. The number of pyridine rings is 1. The van der Waals surface area contributed by atoms with Crippen LogP contribution in [0.15, 0.2) is 37.1 Å². The maximum absolute atomic E-state index is 11.9. The third kappa shape index (κ3) is 3.09. The van der Waals surface area contributed by atoms with Gasteiger partial charge in [0.25, 0.3) is 5.91 Å². The van der Waals surface area contributed by atoms with Gasteiger partial charge in [0.2, 0.25) is 0 Å². The number of hydrogen-bond acceptors (Lipinski definition) is 5. The number of aromatic nitrogens is 3. The van der Waals surface area contributed by atoms with Crippen molar-refractivity contribution in [2.45, 2.75) is 6.54 Å². The lowest BCUT2D eigenvalue weighted by atomic mass is 10.1. The molecular weight excluding hydrogens is 248 g/mol. The molecule has 1 amide bonds. The van der Waals surface area contributed by atoms with Crippen LogP contribution in [0.25, 0.3) is 0 Å². The molecule has 0 fully saturated rings. The molecule has 2 N–H and O–H groups in total. The van der Waals surface area contributed by atoms with E-state index in [1.54, 1.807) is 12.3 Å². The van der Waals surface area contributed by atoms with Crippen LogP contribution < -0.4 is 5.32 Å². The van der Waals surface area contributed by atoms with E-state index in [1.807, 2.05) is 0 Å². The van der Waals surface area contributed by atoms with Crippen molar-refractivity contribution in [1.82, 2.24) is 20.3 Å². The van der Waals surface area contributed by atoms with Crippen molar-refractivity contribution in [2.75, 3.05) is 0 Å². The van der Waals surface area contributed by atoms with Gasteiger partial charge in [-0.05, 0) is 12.1 Å². The first-order chi connectivity index (χ1) is 9.18. The van der Waals surface area contributed by atoms with Gasteiger partial charge in [-0.25, -0.2) is 14.8 Å². The lowest BCUT2D eigenvalue weighted by molar-refractivity contribution is 0.0690. The number of carboxylic acids is 1. The molecule has 0 saturated carbocycles. The van der Waals surface area contributed by atoms with Gasteiger partial charge in [-0.3, -0.25) is 9.78 Å². The van der Waals surface area contributed by atoms with Crippen molar-refractivity contribution in [1.29, 1.82) is 0 Å². The highest BCUT2D eigenvalue weighted by Gasteiger charge is 2.16. The molecule has 0 atom stereocenters. The second-order valence-electron chi connectivity index (χ2n) is 3.61. The second kappa shape index (κ2) is 5.67. The van der Waals surface area contributed by atoms with Crippen molar-refractivity contribution in [3.63, 3.8) is 0 Å². The number of carbonyl (C=O) groups excluding carboxylic acids is 1.